The van der Waals surface area contributed by atoms with Crippen LogP contribution in [-0.4, -0.2) is 9.38 Å². The molecule has 0 N–H and O–H groups in total. The van der Waals surface area contributed by atoms with Gasteiger partial charge >= 0.3 is 5.84 Å². The Bertz CT molecular complexity index is 1710. The number of allylic oxidation sites excluding steroid dienone is 5. The first kappa shape index (κ1) is 18.5. The van der Waals surface area contributed by atoms with E-state index in [4.69, 9.17) is 8.83 Å². The van der Waals surface area contributed by atoms with Crippen LogP contribution in [0, 0.1) is 0 Å². The van der Waals surface area contributed by atoms with Gasteiger partial charge in [-0.15, -0.1) is 0 Å². The second-order valence-corrected chi connectivity index (χ2v) is 7.69. The van der Waals surface area contributed by atoms with E-state index in [2.05, 4.69) is 35.8 Å². The van der Waals surface area contributed by atoms with Gasteiger partial charge in [-0.1, -0.05) is 67.3 Å². The molecule has 0 aliphatic rings. The van der Waals surface area contributed by atoms with Gasteiger partial charge in [0.05, 0.1) is 11.2 Å². The van der Waals surface area contributed by atoms with Crippen molar-refractivity contribution in [1.82, 2.24) is 9.38 Å². The molecule has 154 valence electrons. The lowest BCUT2D eigenvalue weighted by molar-refractivity contribution is 0.641. The van der Waals surface area contributed by atoms with E-state index in [-0.39, 0.29) is 0 Å². The fourth-order valence-electron chi connectivity index (χ4n) is 4.28. The zero-order chi connectivity index (χ0) is 21.7. The van der Waals surface area contributed by atoms with Crippen molar-refractivity contribution >= 4 is 44.5 Å². The maximum Gasteiger partial charge on any atom is 0.307 e. The van der Waals surface area contributed by atoms with Crippen LogP contribution in [0.2, 0.25) is 0 Å². The smallest absolute Gasteiger partial charge is 0.307 e. The van der Waals surface area contributed by atoms with E-state index in [1.165, 1.54) is 0 Å². The van der Waals surface area contributed by atoms with Crippen LogP contribution in [0.1, 0.15) is 12.6 Å². The van der Waals surface area contributed by atoms with E-state index < -0.39 is 0 Å². The molecule has 0 fully saturated rings. The molecule has 0 saturated carbocycles. The van der Waals surface area contributed by atoms with E-state index in [1.54, 1.807) is 6.08 Å². The number of oxazole rings is 1. The van der Waals surface area contributed by atoms with Gasteiger partial charge in [-0.05, 0) is 42.3 Å². The number of furan rings is 1. The van der Waals surface area contributed by atoms with Crippen molar-refractivity contribution in [3.05, 3.63) is 103 Å². The summed E-state index contributed by atoms with van der Waals surface area (Å²) < 4.78 is 14.1. The summed E-state index contributed by atoms with van der Waals surface area (Å²) >= 11 is 0. The Labute approximate surface area is 184 Å². The first-order chi connectivity index (χ1) is 15.8. The van der Waals surface area contributed by atoms with Crippen LogP contribution in [0.5, 0.6) is 0 Å². The largest absolute Gasteiger partial charge is 0.456 e. The Hall–Kier alpha value is -4.31. The van der Waals surface area contributed by atoms with Gasteiger partial charge in [-0.25, -0.2) is 0 Å². The van der Waals surface area contributed by atoms with E-state index in [0.29, 0.717) is 5.84 Å². The first-order valence-electron chi connectivity index (χ1n) is 10.5. The molecule has 0 atom stereocenters. The summed E-state index contributed by atoms with van der Waals surface area (Å²) in [5.74, 6) is 0.562. The second kappa shape index (κ2) is 7.13. The molecule has 6 rings (SSSR count). The number of hydrogen-bond acceptors (Lipinski definition) is 3. The molecule has 0 aliphatic carbocycles. The van der Waals surface area contributed by atoms with Gasteiger partial charge < -0.3 is 8.83 Å². The monoisotopic (exact) mass is 416 g/mol. The molecular formula is C28H20N2O2. The maximum absolute atomic E-state index is 6.08. The lowest BCUT2D eigenvalue weighted by Crippen LogP contribution is -1.83. The van der Waals surface area contributed by atoms with Crippen LogP contribution in [0.15, 0.2) is 107 Å². The molecule has 0 bridgehead atoms. The number of nitrogens with zero attached hydrogens (tertiary/aromatic N) is 2. The van der Waals surface area contributed by atoms with Crippen LogP contribution in [0.4, 0.5) is 0 Å². The standard InChI is InChI=1S/C28H20N2O2/c1-3-5-9-18(4-2)22-17-30-23-16-19(14-15-25(23)32-28(30)29-22)20-11-8-13-26-27(20)21-10-6-7-12-24(21)31-26/h3-17H,2H2,1H3/b5-3-,18-9+. The zero-order valence-electron chi connectivity index (χ0n) is 17.6. The quantitative estimate of drug-likeness (QED) is 0.275. The third kappa shape index (κ3) is 2.73. The maximum atomic E-state index is 6.08. The Morgan fingerprint density at radius 3 is 2.72 bits per heavy atom. The Morgan fingerprint density at radius 1 is 0.969 bits per heavy atom. The normalized spacial score (nSPS) is 12.7. The molecule has 0 unspecified atom stereocenters. The van der Waals surface area contributed by atoms with Crippen LogP contribution in [0.25, 0.3) is 55.6 Å². The molecule has 32 heavy (non-hydrogen) atoms. The molecule has 3 aromatic carbocycles. The number of rotatable bonds is 4. The summed E-state index contributed by atoms with van der Waals surface area (Å²) in [7, 11) is 0. The average molecular weight is 416 g/mol. The highest BCUT2D eigenvalue weighted by atomic mass is 16.4. The SMILES string of the molecule is C=C/C(=C\C=C/C)c1cn2c(n1)oc1ccc(-c3cccc4oc5ccccc5c34)cc12. The second-order valence-electron chi connectivity index (χ2n) is 7.69. The van der Waals surface area contributed by atoms with Crippen molar-refractivity contribution in [2.24, 2.45) is 0 Å². The summed E-state index contributed by atoms with van der Waals surface area (Å²) in [5, 5.41) is 2.24. The fourth-order valence-corrected chi connectivity index (χ4v) is 4.28. The van der Waals surface area contributed by atoms with E-state index in [0.717, 1.165) is 55.4 Å². The lowest BCUT2D eigenvalue weighted by Gasteiger charge is -2.04. The van der Waals surface area contributed by atoms with E-state index in [1.807, 2.05) is 72.1 Å². The molecule has 0 aliphatic heterocycles. The van der Waals surface area contributed by atoms with E-state index >= 15 is 0 Å². The summed E-state index contributed by atoms with van der Waals surface area (Å²) in [6.07, 6.45) is 9.75. The van der Waals surface area contributed by atoms with Gasteiger partial charge in [0.2, 0.25) is 0 Å². The van der Waals surface area contributed by atoms with Gasteiger partial charge in [-0.2, -0.15) is 4.98 Å². The molecule has 3 heterocycles. The van der Waals surface area contributed by atoms with Gasteiger partial charge in [-0.3, -0.25) is 4.40 Å². The predicted molar refractivity (Wildman–Crippen MR) is 131 cm³/mol. The molecule has 0 amide bonds. The highest BCUT2D eigenvalue weighted by Gasteiger charge is 2.15. The lowest BCUT2D eigenvalue weighted by atomic mass is 9.99. The topological polar surface area (TPSA) is 43.6 Å². The molecule has 6 aromatic rings. The number of aromatic nitrogens is 2. The number of fused-ring (bicyclic) bond motifs is 6. The minimum absolute atomic E-state index is 0.562. The van der Waals surface area contributed by atoms with Gasteiger partial charge in [0.25, 0.3) is 0 Å². The van der Waals surface area contributed by atoms with Crippen LogP contribution < -0.4 is 0 Å². The van der Waals surface area contributed by atoms with E-state index in [9.17, 15) is 0 Å². The highest BCUT2D eigenvalue weighted by Crippen LogP contribution is 2.37. The molecule has 3 aromatic heterocycles. The third-order valence-electron chi connectivity index (χ3n) is 5.79. The highest BCUT2D eigenvalue weighted by molar-refractivity contribution is 6.12. The summed E-state index contributed by atoms with van der Waals surface area (Å²) in [5.41, 5.74) is 7.54. The molecule has 4 heteroatoms. The number of imidazole rings is 1. The Balaban J connectivity index is 1.57. The van der Waals surface area contributed by atoms with Crippen LogP contribution in [0.3, 0.4) is 0 Å². The molecule has 0 spiro atoms. The third-order valence-corrected chi connectivity index (χ3v) is 5.79. The Morgan fingerprint density at radius 2 is 1.84 bits per heavy atom. The van der Waals surface area contributed by atoms with Crippen molar-refractivity contribution in [3.8, 4) is 11.1 Å². The average Bonchev–Trinajstić information content (AvgIpc) is 3.50. The van der Waals surface area contributed by atoms with Crippen molar-refractivity contribution in [2.45, 2.75) is 6.92 Å². The number of para-hydroxylation sites is 1. The van der Waals surface area contributed by atoms with Crippen LogP contribution >= 0.6 is 0 Å². The van der Waals surface area contributed by atoms with Crippen molar-refractivity contribution < 1.29 is 8.83 Å². The summed E-state index contributed by atoms with van der Waals surface area (Å²) in [4.78, 5) is 4.67. The minimum atomic E-state index is 0.562. The summed E-state index contributed by atoms with van der Waals surface area (Å²) in [6.45, 7) is 5.90. The molecule has 4 nitrogen and oxygen atoms in total. The van der Waals surface area contributed by atoms with Crippen molar-refractivity contribution in [1.29, 1.82) is 0 Å². The predicted octanol–water partition coefficient (Wildman–Crippen LogP) is 7.79. The number of benzene rings is 3. The molecule has 0 radical (unpaired) electrons. The van der Waals surface area contributed by atoms with Crippen molar-refractivity contribution in [2.75, 3.05) is 0 Å². The minimum Gasteiger partial charge on any atom is -0.456 e. The van der Waals surface area contributed by atoms with Crippen LogP contribution in [-0.2, 0) is 0 Å². The van der Waals surface area contributed by atoms with Gasteiger partial charge in [0.1, 0.15) is 11.2 Å². The zero-order valence-corrected chi connectivity index (χ0v) is 17.6. The fraction of sp³-hybridized carbons (Fsp3) is 0.0357. The number of hydrogen-bond donors (Lipinski definition) is 0. The molecule has 0 saturated heterocycles. The summed E-state index contributed by atoms with van der Waals surface area (Å²) in [6, 6.07) is 20.6. The molecular weight excluding hydrogens is 396 g/mol. The van der Waals surface area contributed by atoms with Gasteiger partial charge in [0, 0.05) is 22.5 Å². The van der Waals surface area contributed by atoms with Crippen molar-refractivity contribution in [3.63, 3.8) is 0 Å². The first-order valence-corrected chi connectivity index (χ1v) is 10.5. The Kier molecular flexibility index (Phi) is 4.12. The van der Waals surface area contributed by atoms with Gasteiger partial charge in [0.15, 0.2) is 5.58 Å².